The topological polar surface area (TPSA) is 89.3 Å². The Hall–Kier alpha value is -3.56. The number of benzene rings is 1. The van der Waals surface area contributed by atoms with E-state index in [1.54, 1.807) is 10.9 Å². The zero-order valence-corrected chi connectivity index (χ0v) is 19.1. The van der Waals surface area contributed by atoms with Crippen molar-refractivity contribution >= 4 is 16.7 Å². The zero-order chi connectivity index (χ0) is 22.9. The molecule has 1 saturated heterocycles. The van der Waals surface area contributed by atoms with Gasteiger partial charge < -0.3 is 14.6 Å². The van der Waals surface area contributed by atoms with E-state index in [9.17, 15) is 0 Å². The Kier molecular flexibility index (Phi) is 5.56. The molecular formula is C25H28N8O. The van der Waals surface area contributed by atoms with Crippen LogP contribution in [-0.4, -0.2) is 70.2 Å². The molecule has 0 amide bonds. The molecule has 34 heavy (non-hydrogen) atoms. The third kappa shape index (κ3) is 4.08. The second-order valence-corrected chi connectivity index (χ2v) is 8.94. The van der Waals surface area contributed by atoms with Gasteiger partial charge in [0.1, 0.15) is 0 Å². The van der Waals surface area contributed by atoms with E-state index in [-0.39, 0.29) is 6.61 Å². The summed E-state index contributed by atoms with van der Waals surface area (Å²) in [5.41, 5.74) is 7.00. The van der Waals surface area contributed by atoms with E-state index in [4.69, 9.17) is 10.2 Å². The summed E-state index contributed by atoms with van der Waals surface area (Å²) in [5, 5.41) is 18.3. The van der Waals surface area contributed by atoms with Crippen molar-refractivity contribution in [3.63, 3.8) is 0 Å². The van der Waals surface area contributed by atoms with E-state index in [0.717, 1.165) is 47.6 Å². The van der Waals surface area contributed by atoms with E-state index < -0.39 is 0 Å². The van der Waals surface area contributed by atoms with Crippen molar-refractivity contribution in [2.75, 3.05) is 26.2 Å². The first-order valence-electron chi connectivity index (χ1n) is 11.9. The number of hydrogen-bond acceptors (Lipinski definition) is 6. The van der Waals surface area contributed by atoms with Gasteiger partial charge >= 0.3 is 0 Å². The molecule has 4 aromatic heterocycles. The largest absolute Gasteiger partial charge is 0.394 e. The fraction of sp³-hybridized carbons (Fsp3) is 0.360. The first kappa shape index (κ1) is 21.0. The lowest BCUT2D eigenvalue weighted by molar-refractivity contribution is 0.269. The fourth-order valence-corrected chi connectivity index (χ4v) is 4.77. The molecule has 1 aromatic carbocycles. The maximum atomic E-state index is 9.14. The number of fused-ring (bicyclic) bond motifs is 2. The van der Waals surface area contributed by atoms with Crippen LogP contribution in [0.3, 0.4) is 0 Å². The lowest BCUT2D eigenvalue weighted by atomic mass is 10.1. The second-order valence-electron chi connectivity index (χ2n) is 8.94. The van der Waals surface area contributed by atoms with Crippen molar-refractivity contribution in [3.05, 3.63) is 66.5 Å². The van der Waals surface area contributed by atoms with Gasteiger partial charge in [0.2, 0.25) is 0 Å². The quantitative estimate of drug-likeness (QED) is 0.386. The molecule has 0 atom stereocenters. The first-order valence-corrected chi connectivity index (χ1v) is 11.9. The molecule has 0 saturated carbocycles. The summed E-state index contributed by atoms with van der Waals surface area (Å²) in [6.45, 7) is 4.98. The highest BCUT2D eigenvalue weighted by atomic mass is 16.3. The SMILES string of the molecule is OCCn1cc(-c2ccc3ncc(Cc4ccc5ncn(CCN6CCCC6)c5c4)n3n2)cn1. The van der Waals surface area contributed by atoms with Crippen LogP contribution in [0.5, 0.6) is 0 Å². The van der Waals surface area contributed by atoms with Gasteiger partial charge in [-0.05, 0) is 55.8 Å². The highest BCUT2D eigenvalue weighted by Gasteiger charge is 2.13. The number of nitrogens with zero attached hydrogens (tertiary/aromatic N) is 8. The Morgan fingerprint density at radius 2 is 1.85 bits per heavy atom. The molecule has 9 nitrogen and oxygen atoms in total. The monoisotopic (exact) mass is 456 g/mol. The summed E-state index contributed by atoms with van der Waals surface area (Å²) in [4.78, 5) is 11.7. The van der Waals surface area contributed by atoms with Gasteiger partial charge in [0.25, 0.3) is 0 Å². The van der Waals surface area contributed by atoms with Crippen molar-refractivity contribution in [1.29, 1.82) is 0 Å². The van der Waals surface area contributed by atoms with Crippen LogP contribution < -0.4 is 0 Å². The Bertz CT molecular complexity index is 1430. The van der Waals surface area contributed by atoms with Crippen LogP contribution in [0, 0.1) is 0 Å². The normalized spacial score (nSPS) is 14.6. The minimum absolute atomic E-state index is 0.0563. The maximum absolute atomic E-state index is 9.14. The van der Waals surface area contributed by atoms with Gasteiger partial charge in [0, 0.05) is 31.3 Å². The Balaban J connectivity index is 1.26. The third-order valence-corrected chi connectivity index (χ3v) is 6.62. The van der Waals surface area contributed by atoms with E-state index in [2.05, 4.69) is 42.7 Å². The average Bonchev–Trinajstić information content (AvgIpc) is 3.65. The van der Waals surface area contributed by atoms with Gasteiger partial charge in [-0.1, -0.05) is 6.07 Å². The molecule has 5 heterocycles. The van der Waals surface area contributed by atoms with Crippen molar-refractivity contribution in [2.45, 2.75) is 32.4 Å². The third-order valence-electron chi connectivity index (χ3n) is 6.62. The predicted molar refractivity (Wildman–Crippen MR) is 130 cm³/mol. The van der Waals surface area contributed by atoms with Gasteiger partial charge in [0.05, 0.1) is 54.3 Å². The van der Waals surface area contributed by atoms with Crippen LogP contribution in [0.25, 0.3) is 27.9 Å². The maximum Gasteiger partial charge on any atom is 0.153 e. The molecular weight excluding hydrogens is 428 g/mol. The highest BCUT2D eigenvalue weighted by molar-refractivity contribution is 5.76. The van der Waals surface area contributed by atoms with Gasteiger partial charge in [-0.15, -0.1) is 0 Å². The molecule has 1 aliphatic heterocycles. The number of imidazole rings is 2. The summed E-state index contributed by atoms with van der Waals surface area (Å²) in [6.07, 6.45) is 10.9. The summed E-state index contributed by atoms with van der Waals surface area (Å²) >= 11 is 0. The molecule has 174 valence electrons. The van der Waals surface area contributed by atoms with Crippen LogP contribution in [0.1, 0.15) is 24.1 Å². The molecule has 0 bridgehead atoms. The van der Waals surface area contributed by atoms with Crippen molar-refractivity contribution < 1.29 is 5.11 Å². The van der Waals surface area contributed by atoms with Crippen LogP contribution in [-0.2, 0) is 19.5 Å². The van der Waals surface area contributed by atoms with Crippen LogP contribution in [0.2, 0.25) is 0 Å². The second kappa shape index (κ2) is 9.00. The highest BCUT2D eigenvalue weighted by Crippen LogP contribution is 2.21. The Morgan fingerprint density at radius 3 is 2.74 bits per heavy atom. The number of rotatable bonds is 8. The first-order chi connectivity index (χ1) is 16.8. The number of aliphatic hydroxyl groups excluding tert-OH is 1. The Morgan fingerprint density at radius 1 is 0.941 bits per heavy atom. The van der Waals surface area contributed by atoms with Gasteiger partial charge in [-0.2, -0.15) is 10.2 Å². The molecule has 1 fully saturated rings. The van der Waals surface area contributed by atoms with Crippen LogP contribution >= 0.6 is 0 Å². The molecule has 0 aliphatic carbocycles. The predicted octanol–water partition coefficient (Wildman–Crippen LogP) is 2.62. The molecule has 0 unspecified atom stereocenters. The number of aliphatic hydroxyl groups is 1. The lowest BCUT2D eigenvalue weighted by Crippen LogP contribution is -2.23. The summed E-state index contributed by atoms with van der Waals surface area (Å²) in [6, 6.07) is 10.4. The van der Waals surface area contributed by atoms with Crippen molar-refractivity contribution in [3.8, 4) is 11.3 Å². The number of likely N-dealkylation sites (tertiary alicyclic amines) is 1. The number of hydrogen-bond donors (Lipinski definition) is 1. The standard InChI is InChI=1S/C25H28N8O/c34-12-11-32-17-20(15-28-32)22-5-6-25-26-16-21(33(25)29-22)13-19-3-4-23-24(14-19)31(18-27-23)10-9-30-7-1-2-8-30/h3-6,14-18,34H,1-2,7-13H2. The molecule has 0 radical (unpaired) electrons. The summed E-state index contributed by atoms with van der Waals surface area (Å²) in [5.74, 6) is 0. The van der Waals surface area contributed by atoms with E-state index in [1.165, 1.54) is 37.0 Å². The Labute approximate surface area is 197 Å². The smallest absolute Gasteiger partial charge is 0.153 e. The molecule has 1 aliphatic rings. The molecule has 6 rings (SSSR count). The van der Waals surface area contributed by atoms with E-state index in [0.29, 0.717) is 6.54 Å². The van der Waals surface area contributed by atoms with Crippen LogP contribution in [0.4, 0.5) is 0 Å². The van der Waals surface area contributed by atoms with Crippen molar-refractivity contribution in [1.82, 2.24) is 38.8 Å². The van der Waals surface area contributed by atoms with Crippen LogP contribution in [0.15, 0.2) is 55.2 Å². The molecule has 0 spiro atoms. The minimum Gasteiger partial charge on any atom is -0.394 e. The molecule has 5 aromatic rings. The minimum atomic E-state index is 0.0563. The molecule has 1 N–H and O–H groups in total. The van der Waals surface area contributed by atoms with E-state index in [1.807, 2.05) is 35.4 Å². The van der Waals surface area contributed by atoms with Gasteiger partial charge in [0.15, 0.2) is 5.65 Å². The number of aromatic nitrogens is 7. The fourth-order valence-electron chi connectivity index (χ4n) is 4.77. The zero-order valence-electron chi connectivity index (χ0n) is 19.1. The van der Waals surface area contributed by atoms with Gasteiger partial charge in [-0.25, -0.2) is 14.5 Å². The van der Waals surface area contributed by atoms with E-state index >= 15 is 0 Å². The van der Waals surface area contributed by atoms with Gasteiger partial charge in [-0.3, -0.25) is 4.68 Å². The summed E-state index contributed by atoms with van der Waals surface area (Å²) in [7, 11) is 0. The van der Waals surface area contributed by atoms with Crippen molar-refractivity contribution in [2.24, 2.45) is 0 Å². The molecule has 9 heteroatoms. The average molecular weight is 457 g/mol. The summed E-state index contributed by atoms with van der Waals surface area (Å²) < 4.78 is 5.90. The lowest BCUT2D eigenvalue weighted by Gasteiger charge is -2.15.